The van der Waals surface area contributed by atoms with Crippen LogP contribution in [0.1, 0.15) is 12.5 Å². The average molecular weight is 421 g/mol. The topological polar surface area (TPSA) is 125 Å². The van der Waals surface area contributed by atoms with Crippen LogP contribution in [0.5, 0.6) is 11.5 Å². The van der Waals surface area contributed by atoms with E-state index >= 15 is 0 Å². The van der Waals surface area contributed by atoms with Crippen molar-refractivity contribution in [2.24, 2.45) is 0 Å². The third kappa shape index (κ3) is 5.93. The fourth-order valence-corrected chi connectivity index (χ4v) is 3.60. The van der Waals surface area contributed by atoms with E-state index in [1.807, 2.05) is 0 Å². The molecule has 0 unspecified atom stereocenters. The zero-order valence-corrected chi connectivity index (χ0v) is 17.1. The summed E-state index contributed by atoms with van der Waals surface area (Å²) in [6, 6.07) is 10.3. The van der Waals surface area contributed by atoms with Crippen molar-refractivity contribution < 1.29 is 27.9 Å². The maximum Gasteiger partial charge on any atom is 0.243 e. The third-order valence-electron chi connectivity index (χ3n) is 3.98. The number of anilines is 1. The van der Waals surface area contributed by atoms with Gasteiger partial charge in [0, 0.05) is 26.2 Å². The lowest BCUT2D eigenvalue weighted by Gasteiger charge is -2.17. The van der Waals surface area contributed by atoms with Gasteiger partial charge in [-0.3, -0.25) is 9.59 Å². The molecule has 0 aliphatic rings. The highest BCUT2D eigenvalue weighted by Crippen LogP contribution is 2.26. The number of aromatic hydroxyl groups is 1. The molecule has 0 aliphatic carbocycles. The molecule has 10 heteroatoms. The number of likely N-dealkylation sites (N-methyl/N-ethyl adjacent to an activating group) is 1. The smallest absolute Gasteiger partial charge is 0.243 e. The van der Waals surface area contributed by atoms with E-state index in [1.165, 1.54) is 51.4 Å². The SMILES string of the molecule is COc1cc(CNC(=O)CN(C)S(=O)(=O)c2ccc(NC(C)=O)cc2)ccc1O. The van der Waals surface area contributed by atoms with Crippen molar-refractivity contribution in [3.63, 3.8) is 0 Å². The van der Waals surface area contributed by atoms with Crippen molar-refractivity contribution in [2.45, 2.75) is 18.4 Å². The molecule has 0 aromatic heterocycles. The molecule has 9 nitrogen and oxygen atoms in total. The van der Waals surface area contributed by atoms with Crippen LogP contribution in [0.4, 0.5) is 5.69 Å². The van der Waals surface area contributed by atoms with Crippen molar-refractivity contribution in [1.82, 2.24) is 9.62 Å². The molecule has 3 N–H and O–H groups in total. The lowest BCUT2D eigenvalue weighted by molar-refractivity contribution is -0.121. The molecule has 2 aromatic rings. The van der Waals surface area contributed by atoms with Crippen LogP contribution in [-0.4, -0.2) is 50.3 Å². The van der Waals surface area contributed by atoms with Gasteiger partial charge in [-0.25, -0.2) is 8.42 Å². The number of nitrogens with one attached hydrogen (secondary N) is 2. The van der Waals surface area contributed by atoms with Gasteiger partial charge in [-0.1, -0.05) is 6.07 Å². The summed E-state index contributed by atoms with van der Waals surface area (Å²) in [7, 11) is -1.15. The van der Waals surface area contributed by atoms with Gasteiger partial charge >= 0.3 is 0 Å². The zero-order valence-electron chi connectivity index (χ0n) is 16.3. The number of methoxy groups -OCH3 is 1. The predicted molar refractivity (Wildman–Crippen MR) is 107 cm³/mol. The Morgan fingerprint density at radius 1 is 1.14 bits per heavy atom. The number of ether oxygens (including phenoxy) is 1. The van der Waals surface area contributed by atoms with E-state index in [4.69, 9.17) is 4.74 Å². The van der Waals surface area contributed by atoms with Gasteiger partial charge in [0.1, 0.15) is 0 Å². The fourth-order valence-electron chi connectivity index (χ4n) is 2.47. The van der Waals surface area contributed by atoms with E-state index in [2.05, 4.69) is 10.6 Å². The molecule has 0 saturated carbocycles. The first-order valence-corrected chi connectivity index (χ1v) is 10.0. The number of carbonyl (C=O) groups excluding carboxylic acids is 2. The second-order valence-electron chi connectivity index (χ2n) is 6.25. The van der Waals surface area contributed by atoms with Crippen LogP contribution in [0, 0.1) is 0 Å². The molecule has 0 fully saturated rings. The van der Waals surface area contributed by atoms with Crippen molar-refractivity contribution in [2.75, 3.05) is 26.0 Å². The highest BCUT2D eigenvalue weighted by molar-refractivity contribution is 7.89. The second kappa shape index (κ2) is 9.39. The predicted octanol–water partition coefficient (Wildman–Crippen LogP) is 1.30. The first-order valence-electron chi connectivity index (χ1n) is 8.60. The number of nitrogens with zero attached hydrogens (tertiary/aromatic N) is 1. The molecule has 2 aromatic carbocycles. The zero-order chi connectivity index (χ0) is 21.6. The molecule has 0 bridgehead atoms. The summed E-state index contributed by atoms with van der Waals surface area (Å²) in [4.78, 5) is 23.2. The molecular formula is C19H23N3O6S. The molecule has 0 atom stereocenters. The van der Waals surface area contributed by atoms with Crippen LogP contribution in [-0.2, 0) is 26.2 Å². The summed E-state index contributed by atoms with van der Waals surface area (Å²) >= 11 is 0. The van der Waals surface area contributed by atoms with E-state index in [1.54, 1.807) is 12.1 Å². The minimum absolute atomic E-state index is 0.00479. The lowest BCUT2D eigenvalue weighted by atomic mass is 10.2. The Bertz CT molecular complexity index is 990. The first-order chi connectivity index (χ1) is 13.6. The van der Waals surface area contributed by atoms with Gasteiger partial charge in [0.2, 0.25) is 21.8 Å². The Morgan fingerprint density at radius 2 is 1.79 bits per heavy atom. The number of carbonyl (C=O) groups is 2. The highest BCUT2D eigenvalue weighted by Gasteiger charge is 2.23. The minimum Gasteiger partial charge on any atom is -0.504 e. The van der Waals surface area contributed by atoms with Crippen molar-refractivity contribution >= 4 is 27.5 Å². The normalized spacial score (nSPS) is 11.2. The molecule has 0 heterocycles. The number of hydrogen-bond donors (Lipinski definition) is 3. The van der Waals surface area contributed by atoms with Crippen LogP contribution in [0.15, 0.2) is 47.4 Å². The van der Waals surface area contributed by atoms with Gasteiger partial charge in [0.25, 0.3) is 0 Å². The number of benzene rings is 2. The molecular weight excluding hydrogens is 398 g/mol. The summed E-state index contributed by atoms with van der Waals surface area (Å²) in [5, 5.41) is 14.8. The first kappa shape index (κ1) is 22.2. The van der Waals surface area contributed by atoms with Crippen molar-refractivity contribution in [1.29, 1.82) is 0 Å². The van der Waals surface area contributed by atoms with Crippen LogP contribution in [0.3, 0.4) is 0 Å². The summed E-state index contributed by atoms with van der Waals surface area (Å²) < 4.78 is 31.2. The Morgan fingerprint density at radius 3 is 2.38 bits per heavy atom. The minimum atomic E-state index is -3.87. The largest absolute Gasteiger partial charge is 0.504 e. The number of rotatable bonds is 8. The summed E-state index contributed by atoms with van der Waals surface area (Å²) in [5.74, 6) is -0.490. The van der Waals surface area contributed by atoms with Gasteiger partial charge < -0.3 is 20.5 Å². The van der Waals surface area contributed by atoms with Gasteiger partial charge in [0.05, 0.1) is 18.6 Å². The van der Waals surface area contributed by atoms with E-state index in [9.17, 15) is 23.1 Å². The van der Waals surface area contributed by atoms with E-state index in [0.29, 0.717) is 11.3 Å². The standard InChI is InChI=1S/C19H23N3O6S/c1-13(23)21-15-5-7-16(8-6-15)29(26,27)22(2)12-19(25)20-11-14-4-9-17(24)18(10-14)28-3/h4-10,24H,11-12H2,1-3H3,(H,20,25)(H,21,23). The van der Waals surface area contributed by atoms with Gasteiger partial charge in [-0.15, -0.1) is 0 Å². The van der Waals surface area contributed by atoms with Gasteiger partial charge in [0.15, 0.2) is 11.5 Å². The Labute approximate surface area is 169 Å². The fraction of sp³-hybridized carbons (Fsp3) is 0.263. The summed E-state index contributed by atoms with van der Waals surface area (Å²) in [6.45, 7) is 1.13. The number of amides is 2. The monoisotopic (exact) mass is 421 g/mol. The quantitative estimate of drug-likeness (QED) is 0.590. The number of sulfonamides is 1. The molecule has 0 spiro atoms. The summed E-state index contributed by atoms with van der Waals surface area (Å²) in [5.41, 5.74) is 1.16. The molecule has 29 heavy (non-hydrogen) atoms. The van der Waals surface area contributed by atoms with Crippen LogP contribution in [0.25, 0.3) is 0 Å². The van der Waals surface area contributed by atoms with Crippen LogP contribution >= 0.6 is 0 Å². The molecule has 0 saturated heterocycles. The van der Waals surface area contributed by atoms with E-state index in [0.717, 1.165) is 4.31 Å². The second-order valence-corrected chi connectivity index (χ2v) is 8.29. The van der Waals surface area contributed by atoms with Gasteiger partial charge in [-0.05, 0) is 42.0 Å². The maximum absolute atomic E-state index is 12.6. The van der Waals surface area contributed by atoms with Gasteiger partial charge in [-0.2, -0.15) is 4.31 Å². The molecule has 2 amide bonds. The van der Waals surface area contributed by atoms with Crippen molar-refractivity contribution in [3.05, 3.63) is 48.0 Å². The summed E-state index contributed by atoms with van der Waals surface area (Å²) in [6.07, 6.45) is 0. The molecule has 0 aliphatic heterocycles. The molecule has 0 radical (unpaired) electrons. The third-order valence-corrected chi connectivity index (χ3v) is 5.80. The van der Waals surface area contributed by atoms with Crippen molar-refractivity contribution in [3.8, 4) is 11.5 Å². The number of phenols is 1. The highest BCUT2D eigenvalue weighted by atomic mass is 32.2. The van der Waals surface area contributed by atoms with Crippen LogP contribution < -0.4 is 15.4 Å². The average Bonchev–Trinajstić information content (AvgIpc) is 2.67. The Balaban J connectivity index is 1.98. The molecule has 156 valence electrons. The van der Waals surface area contributed by atoms with Crippen LogP contribution in [0.2, 0.25) is 0 Å². The Kier molecular flexibility index (Phi) is 7.18. The number of phenolic OH excluding ortho intramolecular Hbond substituents is 1. The Hall–Kier alpha value is -3.11. The molecule has 2 rings (SSSR count). The maximum atomic E-state index is 12.6. The van der Waals surface area contributed by atoms with E-state index < -0.39 is 15.9 Å². The lowest BCUT2D eigenvalue weighted by Crippen LogP contribution is -2.38. The van der Waals surface area contributed by atoms with E-state index in [-0.39, 0.29) is 35.4 Å². The number of hydrogen-bond acceptors (Lipinski definition) is 6.